The van der Waals surface area contributed by atoms with Gasteiger partial charge < -0.3 is 11.1 Å². The van der Waals surface area contributed by atoms with Gasteiger partial charge in [-0.3, -0.25) is 4.79 Å². The van der Waals surface area contributed by atoms with Crippen LogP contribution in [0.2, 0.25) is 0 Å². The van der Waals surface area contributed by atoms with Crippen molar-refractivity contribution in [2.75, 3.05) is 0 Å². The minimum Gasteiger partial charge on any atom is -0.349 e. The molecule has 0 aromatic carbocycles. The molecule has 1 atom stereocenters. The van der Waals surface area contributed by atoms with Gasteiger partial charge in [0.25, 0.3) is 0 Å². The summed E-state index contributed by atoms with van der Waals surface area (Å²) in [5.74, 6) is 0.0714. The largest absolute Gasteiger partial charge is 0.349 e. The molecule has 0 aliphatic rings. The van der Waals surface area contributed by atoms with Gasteiger partial charge in [0, 0.05) is 21.7 Å². The third-order valence-electron chi connectivity index (χ3n) is 2.56. The molecule has 3 nitrogen and oxygen atoms in total. The maximum atomic E-state index is 11.7. The first-order chi connectivity index (χ1) is 7.78. The number of aryl methyl sites for hydroxylation is 1. The van der Waals surface area contributed by atoms with Crippen LogP contribution < -0.4 is 11.1 Å². The van der Waals surface area contributed by atoms with Crippen LogP contribution in [0.25, 0.3) is 0 Å². The van der Waals surface area contributed by atoms with E-state index in [4.69, 9.17) is 5.73 Å². The van der Waals surface area contributed by atoms with Crippen molar-refractivity contribution in [1.82, 2.24) is 5.32 Å². The van der Waals surface area contributed by atoms with Crippen molar-refractivity contribution in [1.29, 1.82) is 0 Å². The molecular formula is C13H22N2OS. The highest BCUT2D eigenvalue weighted by Gasteiger charge is 2.15. The van der Waals surface area contributed by atoms with Crippen molar-refractivity contribution in [2.24, 2.45) is 5.73 Å². The molecule has 1 heterocycles. The van der Waals surface area contributed by atoms with Crippen LogP contribution >= 0.6 is 11.3 Å². The quantitative estimate of drug-likeness (QED) is 0.849. The SMILES string of the molecule is Cc1ccc(C(C)NC(=O)CCC(C)(C)N)s1. The first-order valence-electron chi connectivity index (χ1n) is 5.92. The second kappa shape index (κ2) is 5.65. The van der Waals surface area contributed by atoms with Crippen molar-refractivity contribution < 1.29 is 4.79 Å². The Morgan fingerprint density at radius 3 is 2.65 bits per heavy atom. The van der Waals surface area contributed by atoms with Gasteiger partial charge in [-0.05, 0) is 46.2 Å². The molecular weight excluding hydrogens is 232 g/mol. The Balaban J connectivity index is 2.41. The van der Waals surface area contributed by atoms with Gasteiger partial charge in [0.15, 0.2) is 0 Å². The van der Waals surface area contributed by atoms with Crippen molar-refractivity contribution in [3.8, 4) is 0 Å². The van der Waals surface area contributed by atoms with E-state index in [0.717, 1.165) is 0 Å². The van der Waals surface area contributed by atoms with Crippen molar-refractivity contribution in [3.05, 3.63) is 21.9 Å². The lowest BCUT2D eigenvalue weighted by Gasteiger charge is -2.18. The number of hydrogen-bond donors (Lipinski definition) is 2. The van der Waals surface area contributed by atoms with E-state index < -0.39 is 0 Å². The molecule has 0 saturated heterocycles. The zero-order valence-electron chi connectivity index (χ0n) is 11.0. The van der Waals surface area contributed by atoms with E-state index >= 15 is 0 Å². The fourth-order valence-electron chi connectivity index (χ4n) is 1.51. The fourth-order valence-corrected chi connectivity index (χ4v) is 2.39. The number of thiophene rings is 1. The fraction of sp³-hybridized carbons (Fsp3) is 0.615. The van der Waals surface area contributed by atoms with Crippen molar-refractivity contribution >= 4 is 17.2 Å². The third-order valence-corrected chi connectivity index (χ3v) is 3.75. The standard InChI is InChI=1S/C13H22N2OS/c1-9-5-6-11(17-9)10(2)15-12(16)7-8-13(3,4)14/h5-6,10H,7-8,14H2,1-4H3,(H,15,16). The van der Waals surface area contributed by atoms with Crippen molar-refractivity contribution in [2.45, 2.75) is 52.1 Å². The summed E-state index contributed by atoms with van der Waals surface area (Å²) in [6, 6.07) is 4.23. The Morgan fingerprint density at radius 2 is 2.18 bits per heavy atom. The van der Waals surface area contributed by atoms with Gasteiger partial charge in [-0.1, -0.05) is 0 Å². The average molecular weight is 254 g/mol. The Hall–Kier alpha value is -0.870. The van der Waals surface area contributed by atoms with Crippen molar-refractivity contribution in [3.63, 3.8) is 0 Å². The highest BCUT2D eigenvalue weighted by atomic mass is 32.1. The smallest absolute Gasteiger partial charge is 0.220 e. The zero-order valence-corrected chi connectivity index (χ0v) is 11.9. The van der Waals surface area contributed by atoms with Gasteiger partial charge in [-0.15, -0.1) is 11.3 Å². The topological polar surface area (TPSA) is 55.1 Å². The Kier molecular flexibility index (Phi) is 4.71. The van der Waals surface area contributed by atoms with Gasteiger partial charge in [-0.25, -0.2) is 0 Å². The molecule has 0 bridgehead atoms. The van der Waals surface area contributed by atoms with Gasteiger partial charge in [-0.2, -0.15) is 0 Å². The minimum absolute atomic E-state index is 0.0714. The lowest BCUT2D eigenvalue weighted by atomic mass is 10.00. The van der Waals surface area contributed by atoms with Gasteiger partial charge >= 0.3 is 0 Å². The molecule has 0 saturated carbocycles. The molecule has 1 aromatic heterocycles. The Morgan fingerprint density at radius 1 is 1.53 bits per heavy atom. The lowest BCUT2D eigenvalue weighted by molar-refractivity contribution is -0.122. The summed E-state index contributed by atoms with van der Waals surface area (Å²) >= 11 is 1.72. The van der Waals surface area contributed by atoms with E-state index in [-0.39, 0.29) is 17.5 Å². The van der Waals surface area contributed by atoms with E-state index in [1.165, 1.54) is 9.75 Å². The molecule has 0 fully saturated rings. The molecule has 1 rings (SSSR count). The summed E-state index contributed by atoms with van der Waals surface area (Å²) in [7, 11) is 0. The number of nitrogens with one attached hydrogen (secondary N) is 1. The number of carbonyl (C=O) groups is 1. The molecule has 4 heteroatoms. The van der Waals surface area contributed by atoms with Crippen LogP contribution in [0.4, 0.5) is 0 Å². The molecule has 0 spiro atoms. The van der Waals surface area contributed by atoms with Crippen LogP contribution in [0.15, 0.2) is 12.1 Å². The highest BCUT2D eigenvalue weighted by molar-refractivity contribution is 7.12. The maximum absolute atomic E-state index is 11.7. The summed E-state index contributed by atoms with van der Waals surface area (Å²) in [5.41, 5.74) is 5.57. The highest BCUT2D eigenvalue weighted by Crippen LogP contribution is 2.22. The summed E-state index contributed by atoms with van der Waals surface area (Å²) in [6.45, 7) is 7.95. The third kappa shape index (κ3) is 5.33. The number of hydrogen-bond acceptors (Lipinski definition) is 3. The summed E-state index contributed by atoms with van der Waals surface area (Å²) in [4.78, 5) is 14.2. The zero-order chi connectivity index (χ0) is 13.1. The minimum atomic E-state index is -0.278. The number of carbonyl (C=O) groups excluding carboxylic acids is 1. The van der Waals surface area contributed by atoms with Crippen LogP contribution in [0.5, 0.6) is 0 Å². The van der Waals surface area contributed by atoms with E-state index in [1.54, 1.807) is 11.3 Å². The molecule has 1 aromatic rings. The van der Waals surface area contributed by atoms with Crippen LogP contribution in [-0.4, -0.2) is 11.4 Å². The normalized spacial score (nSPS) is 13.5. The second-order valence-corrected chi connectivity index (χ2v) is 6.55. The summed E-state index contributed by atoms with van der Waals surface area (Å²) < 4.78 is 0. The van der Waals surface area contributed by atoms with Gasteiger partial charge in [0.2, 0.25) is 5.91 Å². The lowest BCUT2D eigenvalue weighted by Crippen LogP contribution is -2.34. The first kappa shape index (κ1) is 14.2. The van der Waals surface area contributed by atoms with Gasteiger partial charge in [0.05, 0.1) is 6.04 Å². The number of rotatable bonds is 5. The van der Waals surface area contributed by atoms with Crippen LogP contribution in [-0.2, 0) is 4.79 Å². The first-order valence-corrected chi connectivity index (χ1v) is 6.74. The maximum Gasteiger partial charge on any atom is 0.220 e. The van der Waals surface area contributed by atoms with E-state index in [1.807, 2.05) is 20.8 Å². The molecule has 0 aliphatic carbocycles. The molecule has 1 amide bonds. The number of amides is 1. The Bertz CT molecular complexity index is 379. The summed E-state index contributed by atoms with van der Waals surface area (Å²) in [5, 5.41) is 3.00. The predicted molar refractivity (Wildman–Crippen MR) is 73.1 cm³/mol. The monoisotopic (exact) mass is 254 g/mol. The number of nitrogens with two attached hydrogens (primary N) is 1. The average Bonchev–Trinajstić information content (AvgIpc) is 2.61. The molecule has 1 unspecified atom stereocenters. The molecule has 17 heavy (non-hydrogen) atoms. The van der Waals surface area contributed by atoms with Gasteiger partial charge in [0.1, 0.15) is 0 Å². The summed E-state index contributed by atoms with van der Waals surface area (Å²) in [6.07, 6.45) is 1.19. The molecule has 3 N–H and O–H groups in total. The molecule has 96 valence electrons. The molecule has 0 radical (unpaired) electrons. The predicted octanol–water partition coefficient (Wildman–Crippen LogP) is 2.75. The second-order valence-electron chi connectivity index (χ2n) is 5.23. The van der Waals surface area contributed by atoms with E-state index in [2.05, 4.69) is 24.4 Å². The van der Waals surface area contributed by atoms with E-state index in [0.29, 0.717) is 12.8 Å². The Labute approximate surface area is 107 Å². The van der Waals surface area contributed by atoms with E-state index in [9.17, 15) is 4.79 Å². The van der Waals surface area contributed by atoms with Crippen LogP contribution in [0.3, 0.4) is 0 Å². The van der Waals surface area contributed by atoms with Crippen LogP contribution in [0, 0.1) is 6.92 Å². The molecule has 0 aliphatic heterocycles. The van der Waals surface area contributed by atoms with Crippen LogP contribution in [0.1, 0.15) is 49.4 Å².